The minimum atomic E-state index is -2.67. The molecule has 0 rings (SSSR count). The molecule has 0 spiro atoms. The molecule has 0 saturated heterocycles. The van der Waals surface area contributed by atoms with Crippen LogP contribution in [0.4, 0.5) is 0 Å². The number of carboxylic acid groups (broad SMARTS) is 1. The first kappa shape index (κ1) is 13.2. The Morgan fingerprint density at radius 2 is 2.10 bits per heavy atom. The van der Waals surface area contributed by atoms with E-state index in [2.05, 4.69) is 0 Å². The SMILES string of the molecule is CC(C[SiH](O)O)C(=O)O.[H-].[Na+]. The molecule has 6 heteroatoms. The van der Waals surface area contributed by atoms with Gasteiger partial charge in [0.05, 0.1) is 5.92 Å². The molecule has 0 saturated carbocycles. The van der Waals surface area contributed by atoms with Gasteiger partial charge in [0.2, 0.25) is 0 Å². The van der Waals surface area contributed by atoms with E-state index in [4.69, 9.17) is 14.7 Å². The normalized spacial score (nSPS) is 12.4. The molecule has 10 heavy (non-hydrogen) atoms. The summed E-state index contributed by atoms with van der Waals surface area (Å²) in [5.74, 6) is -1.60. The summed E-state index contributed by atoms with van der Waals surface area (Å²) in [5.41, 5.74) is 0. The fourth-order valence-corrected chi connectivity index (χ4v) is 1.25. The number of carbonyl (C=O) groups is 1. The molecule has 0 aromatic carbocycles. The number of hydrogen-bond donors (Lipinski definition) is 3. The van der Waals surface area contributed by atoms with E-state index in [0.29, 0.717) is 0 Å². The summed E-state index contributed by atoms with van der Waals surface area (Å²) < 4.78 is 0. The van der Waals surface area contributed by atoms with Gasteiger partial charge in [0, 0.05) is 6.04 Å². The minimum absolute atomic E-state index is 0. The molecule has 0 aromatic heterocycles. The van der Waals surface area contributed by atoms with Crippen molar-refractivity contribution in [3.8, 4) is 0 Å². The van der Waals surface area contributed by atoms with Crippen molar-refractivity contribution in [1.82, 2.24) is 0 Å². The third-order valence-electron chi connectivity index (χ3n) is 0.986. The molecule has 0 aromatic rings. The first-order valence-electron chi connectivity index (χ1n) is 2.63. The standard InChI is InChI=1S/C4H10O4Si.Na.H/c1-3(4(5)6)2-9(7)8;;/h3,7-9H,2H2,1H3,(H,5,6);;/q;+1;-1. The van der Waals surface area contributed by atoms with E-state index in [9.17, 15) is 4.79 Å². The van der Waals surface area contributed by atoms with Crippen molar-refractivity contribution in [3.63, 3.8) is 0 Å². The van der Waals surface area contributed by atoms with Crippen LogP contribution in [0.25, 0.3) is 0 Å². The van der Waals surface area contributed by atoms with Crippen LogP contribution in [0.1, 0.15) is 8.35 Å². The van der Waals surface area contributed by atoms with Gasteiger partial charge in [-0.25, -0.2) is 0 Å². The Labute approximate surface area is 84.5 Å². The Kier molecular flexibility index (Phi) is 8.36. The molecule has 0 heterocycles. The molecule has 0 aliphatic heterocycles. The monoisotopic (exact) mass is 174 g/mol. The Hall–Kier alpha value is 0.607. The van der Waals surface area contributed by atoms with Gasteiger partial charge < -0.3 is 16.1 Å². The molecule has 56 valence electrons. The number of aliphatic carboxylic acids is 1. The summed E-state index contributed by atoms with van der Waals surface area (Å²) in [7, 11) is -2.67. The largest absolute Gasteiger partial charge is 1.00 e. The molecule has 0 aliphatic rings. The van der Waals surface area contributed by atoms with Gasteiger partial charge in [-0.05, 0) is 0 Å². The number of hydrogen-bond acceptors (Lipinski definition) is 3. The fourth-order valence-electron chi connectivity index (χ4n) is 0.417. The maximum atomic E-state index is 10.0. The van der Waals surface area contributed by atoms with Crippen molar-refractivity contribution in [1.29, 1.82) is 0 Å². The molecule has 0 aliphatic carbocycles. The summed E-state index contributed by atoms with van der Waals surface area (Å²) in [6, 6.07) is 0.0231. The molecule has 0 radical (unpaired) electrons. The summed E-state index contributed by atoms with van der Waals surface area (Å²) in [6.07, 6.45) is 0. The van der Waals surface area contributed by atoms with E-state index in [1.54, 1.807) is 0 Å². The van der Waals surface area contributed by atoms with Crippen molar-refractivity contribution in [2.45, 2.75) is 13.0 Å². The molecule has 3 N–H and O–H groups in total. The number of carboxylic acids is 1. The van der Waals surface area contributed by atoms with E-state index in [0.717, 1.165) is 0 Å². The zero-order valence-electron chi connectivity index (χ0n) is 7.11. The van der Waals surface area contributed by atoms with Gasteiger partial charge >= 0.3 is 44.8 Å². The predicted molar refractivity (Wildman–Crippen MR) is 34.3 cm³/mol. The Morgan fingerprint density at radius 3 is 2.20 bits per heavy atom. The van der Waals surface area contributed by atoms with E-state index >= 15 is 0 Å². The molecule has 0 bridgehead atoms. The van der Waals surface area contributed by atoms with Gasteiger partial charge in [-0.1, -0.05) is 6.92 Å². The van der Waals surface area contributed by atoms with Crippen LogP contribution in [0, 0.1) is 5.92 Å². The van der Waals surface area contributed by atoms with Crippen molar-refractivity contribution >= 4 is 15.3 Å². The van der Waals surface area contributed by atoms with Crippen LogP contribution in [0.15, 0.2) is 0 Å². The van der Waals surface area contributed by atoms with Crippen molar-refractivity contribution in [2.75, 3.05) is 0 Å². The Morgan fingerprint density at radius 1 is 1.70 bits per heavy atom. The van der Waals surface area contributed by atoms with Gasteiger partial charge in [-0.15, -0.1) is 0 Å². The van der Waals surface area contributed by atoms with Crippen LogP contribution in [-0.2, 0) is 4.79 Å². The third-order valence-corrected chi connectivity index (χ3v) is 2.11. The Bertz CT molecular complexity index is 112. The second-order valence-corrected chi connectivity index (χ2v) is 3.39. The summed E-state index contributed by atoms with van der Waals surface area (Å²) in [6.45, 7) is 1.45. The molecule has 0 fully saturated rings. The van der Waals surface area contributed by atoms with Crippen LogP contribution >= 0.6 is 0 Å². The van der Waals surface area contributed by atoms with E-state index in [1.165, 1.54) is 6.92 Å². The fraction of sp³-hybridized carbons (Fsp3) is 0.750. The van der Waals surface area contributed by atoms with Gasteiger partial charge in [-0.2, -0.15) is 0 Å². The first-order valence-corrected chi connectivity index (χ1v) is 4.48. The average molecular weight is 174 g/mol. The van der Waals surface area contributed by atoms with Crippen LogP contribution in [0.3, 0.4) is 0 Å². The zero-order valence-corrected chi connectivity index (χ0v) is 9.27. The van der Waals surface area contributed by atoms with Crippen molar-refractivity contribution in [2.24, 2.45) is 5.92 Å². The van der Waals surface area contributed by atoms with E-state index in [-0.39, 0.29) is 37.0 Å². The molecule has 4 nitrogen and oxygen atoms in total. The Balaban J connectivity index is -0.000000320. The van der Waals surface area contributed by atoms with Gasteiger partial charge in [0.15, 0.2) is 0 Å². The minimum Gasteiger partial charge on any atom is -1.00 e. The van der Waals surface area contributed by atoms with Crippen LogP contribution < -0.4 is 29.6 Å². The molecular weight excluding hydrogens is 163 g/mol. The molecule has 1 unspecified atom stereocenters. The maximum Gasteiger partial charge on any atom is 1.00 e. The van der Waals surface area contributed by atoms with Gasteiger partial charge in [0.1, 0.15) is 0 Å². The first-order chi connectivity index (χ1) is 4.04. The predicted octanol–water partition coefficient (Wildman–Crippen LogP) is -3.97. The van der Waals surface area contributed by atoms with Crippen molar-refractivity contribution in [3.05, 3.63) is 0 Å². The van der Waals surface area contributed by atoms with Gasteiger partial charge in [0.25, 0.3) is 0 Å². The summed E-state index contributed by atoms with van der Waals surface area (Å²) in [5, 5.41) is 8.23. The molecule has 0 amide bonds. The average Bonchev–Trinajstić information content (AvgIpc) is 1.63. The molecular formula is C4H11NaO4Si. The number of rotatable bonds is 3. The van der Waals surface area contributed by atoms with Crippen LogP contribution in [-0.4, -0.2) is 30.0 Å². The zero-order chi connectivity index (χ0) is 7.44. The van der Waals surface area contributed by atoms with Crippen molar-refractivity contribution < 1.29 is 50.5 Å². The van der Waals surface area contributed by atoms with Crippen LogP contribution in [0.5, 0.6) is 0 Å². The maximum absolute atomic E-state index is 10.0. The van der Waals surface area contributed by atoms with Crippen LogP contribution in [0.2, 0.25) is 6.04 Å². The second-order valence-electron chi connectivity index (χ2n) is 1.96. The third kappa shape index (κ3) is 6.72. The summed E-state index contributed by atoms with van der Waals surface area (Å²) >= 11 is 0. The quantitative estimate of drug-likeness (QED) is 0.381. The summed E-state index contributed by atoms with van der Waals surface area (Å²) in [4.78, 5) is 26.8. The topological polar surface area (TPSA) is 77.8 Å². The molecule has 1 atom stereocenters. The van der Waals surface area contributed by atoms with Gasteiger partial charge in [-0.3, -0.25) is 4.79 Å². The van der Waals surface area contributed by atoms with E-state index < -0.39 is 21.2 Å². The van der Waals surface area contributed by atoms with E-state index in [1.807, 2.05) is 0 Å². The second kappa shape index (κ2) is 6.33. The smallest absolute Gasteiger partial charge is 1.00 e.